The van der Waals surface area contributed by atoms with Crippen LogP contribution in [0.15, 0.2) is 12.2 Å². The zero-order chi connectivity index (χ0) is 8.81. The maximum atomic E-state index is 11.1. The van der Waals surface area contributed by atoms with Crippen molar-refractivity contribution < 1.29 is 9.53 Å². The van der Waals surface area contributed by atoms with Gasteiger partial charge in [-0.2, -0.15) is 5.53 Å². The third-order valence-corrected chi connectivity index (χ3v) is 1.38. The van der Waals surface area contributed by atoms with E-state index in [-0.39, 0.29) is 6.09 Å². The summed E-state index contributed by atoms with van der Waals surface area (Å²) in [5.41, 5.74) is 5.54. The van der Waals surface area contributed by atoms with Gasteiger partial charge in [-0.3, -0.25) is 0 Å². The summed E-state index contributed by atoms with van der Waals surface area (Å²) in [6.07, 6.45) is 3.47. The van der Waals surface area contributed by atoms with Crippen molar-refractivity contribution in [3.05, 3.63) is 12.2 Å². The molecule has 1 heterocycles. The molecule has 2 N–H and O–H groups in total. The molecule has 0 atom stereocenters. The fourth-order valence-electron chi connectivity index (χ4n) is 0.830. The van der Waals surface area contributed by atoms with Crippen LogP contribution in [0, 0.1) is 0 Å². The Bertz CT molecular complexity index is 181. The van der Waals surface area contributed by atoms with Gasteiger partial charge in [0.05, 0.1) is 13.2 Å². The van der Waals surface area contributed by atoms with Gasteiger partial charge in [0.1, 0.15) is 0 Å². The summed E-state index contributed by atoms with van der Waals surface area (Å²) in [7, 11) is 0. The van der Waals surface area contributed by atoms with E-state index in [1.807, 2.05) is 12.2 Å². The molecule has 0 saturated carbocycles. The van der Waals surface area contributed by atoms with E-state index in [4.69, 9.17) is 4.74 Å². The van der Waals surface area contributed by atoms with Gasteiger partial charge in [-0.25, -0.2) is 15.2 Å². The van der Waals surface area contributed by atoms with Crippen LogP contribution in [-0.4, -0.2) is 30.8 Å². The van der Waals surface area contributed by atoms with Crippen LogP contribution in [-0.2, 0) is 4.74 Å². The lowest BCUT2D eigenvalue weighted by Gasteiger charge is -2.19. The number of nitrogens with one attached hydrogen (secondary N) is 2. The van der Waals surface area contributed by atoms with Crippen LogP contribution < -0.4 is 11.0 Å². The predicted molar refractivity (Wildman–Crippen MR) is 44.0 cm³/mol. The summed E-state index contributed by atoms with van der Waals surface area (Å²) in [6.45, 7) is 3.39. The lowest BCUT2D eigenvalue weighted by Crippen LogP contribution is -2.49. The molecular formula is C7H13N3O2. The molecule has 0 aromatic heterocycles. The summed E-state index contributed by atoms with van der Waals surface area (Å²) in [5.74, 6) is 0. The van der Waals surface area contributed by atoms with E-state index in [2.05, 4.69) is 11.0 Å². The molecule has 5 heteroatoms. The molecule has 1 aliphatic rings. The Kier molecular flexibility index (Phi) is 3.56. The third kappa shape index (κ3) is 2.52. The van der Waals surface area contributed by atoms with Gasteiger partial charge in [0.15, 0.2) is 0 Å². The van der Waals surface area contributed by atoms with Gasteiger partial charge in [0.2, 0.25) is 0 Å². The molecule has 5 nitrogen and oxygen atoms in total. The number of carbonyl (C=O) groups excluding carboxylic acids is 1. The van der Waals surface area contributed by atoms with Gasteiger partial charge < -0.3 is 4.74 Å². The number of rotatable bonds is 1. The highest BCUT2D eigenvalue weighted by Gasteiger charge is 2.12. The Balaban J connectivity index is 2.38. The fraction of sp³-hybridized carbons (Fsp3) is 0.571. The quantitative estimate of drug-likeness (QED) is 0.546. The molecular weight excluding hydrogens is 158 g/mol. The Labute approximate surface area is 71.3 Å². The van der Waals surface area contributed by atoms with Crippen LogP contribution in [0.4, 0.5) is 4.79 Å². The van der Waals surface area contributed by atoms with Gasteiger partial charge in [-0.15, -0.1) is 0 Å². The number of hydrogen-bond acceptors (Lipinski definition) is 4. The number of carbonyl (C=O) groups is 1. The zero-order valence-electron chi connectivity index (χ0n) is 7.04. The van der Waals surface area contributed by atoms with Crippen molar-refractivity contribution in [3.8, 4) is 0 Å². The average Bonchev–Trinajstić information content (AvgIpc) is 2.32. The molecule has 0 unspecified atom stereocenters. The third-order valence-electron chi connectivity index (χ3n) is 1.38. The number of hydrazine groups is 2. The average molecular weight is 171 g/mol. The van der Waals surface area contributed by atoms with Gasteiger partial charge in [-0.05, 0) is 6.92 Å². The maximum Gasteiger partial charge on any atom is 0.425 e. The first-order valence-corrected chi connectivity index (χ1v) is 3.92. The summed E-state index contributed by atoms with van der Waals surface area (Å²) < 4.78 is 4.79. The van der Waals surface area contributed by atoms with Gasteiger partial charge in [0, 0.05) is 6.54 Å². The van der Waals surface area contributed by atoms with Crippen molar-refractivity contribution in [2.45, 2.75) is 6.92 Å². The Morgan fingerprint density at radius 1 is 1.67 bits per heavy atom. The van der Waals surface area contributed by atoms with E-state index in [9.17, 15) is 4.79 Å². The van der Waals surface area contributed by atoms with Crippen LogP contribution in [0.3, 0.4) is 0 Å². The van der Waals surface area contributed by atoms with Gasteiger partial charge >= 0.3 is 6.09 Å². The monoisotopic (exact) mass is 171 g/mol. The Morgan fingerprint density at radius 3 is 3.25 bits per heavy atom. The smallest absolute Gasteiger partial charge is 0.425 e. The van der Waals surface area contributed by atoms with E-state index >= 15 is 0 Å². The van der Waals surface area contributed by atoms with Crippen LogP contribution in [0.1, 0.15) is 6.92 Å². The normalized spacial score (nSPS) is 17.2. The largest absolute Gasteiger partial charge is 0.449 e. The number of amides is 1. The molecule has 1 rings (SSSR count). The van der Waals surface area contributed by atoms with Crippen molar-refractivity contribution in [2.24, 2.45) is 0 Å². The highest BCUT2D eigenvalue weighted by atomic mass is 16.6. The number of hydrogen-bond donors (Lipinski definition) is 2. The molecule has 0 bridgehead atoms. The minimum absolute atomic E-state index is 0.364. The van der Waals surface area contributed by atoms with Crippen molar-refractivity contribution in [2.75, 3.05) is 19.7 Å². The molecule has 0 saturated heterocycles. The standard InChI is InChI=1S/C7H13N3O2/c1-2-12-7(11)10-6-4-3-5-8-9-10/h3-4,8-9H,2,5-6H2,1H3. The highest BCUT2D eigenvalue weighted by molar-refractivity contribution is 5.67. The molecule has 0 aliphatic carbocycles. The fourth-order valence-corrected chi connectivity index (χ4v) is 0.830. The van der Waals surface area contributed by atoms with Crippen molar-refractivity contribution in [3.63, 3.8) is 0 Å². The first-order chi connectivity index (χ1) is 5.84. The molecule has 0 aromatic rings. The SMILES string of the molecule is CCOC(=O)N1CC=CCNN1. The molecule has 0 spiro atoms. The molecule has 68 valence electrons. The summed E-state index contributed by atoms with van der Waals surface area (Å²) in [4.78, 5) is 11.1. The predicted octanol–water partition coefficient (Wildman–Crippen LogP) is 0.0239. The number of nitrogens with zero attached hydrogens (tertiary/aromatic N) is 1. The summed E-state index contributed by atoms with van der Waals surface area (Å²) in [6, 6.07) is 0. The number of ether oxygens (including phenoxy) is 1. The van der Waals surface area contributed by atoms with Crippen LogP contribution >= 0.6 is 0 Å². The lowest BCUT2D eigenvalue weighted by atomic mass is 10.5. The van der Waals surface area contributed by atoms with E-state index in [0.29, 0.717) is 19.7 Å². The van der Waals surface area contributed by atoms with E-state index in [1.54, 1.807) is 6.92 Å². The van der Waals surface area contributed by atoms with Crippen LogP contribution in [0.2, 0.25) is 0 Å². The topological polar surface area (TPSA) is 53.6 Å². The molecule has 1 aliphatic heterocycles. The van der Waals surface area contributed by atoms with Crippen molar-refractivity contribution in [1.29, 1.82) is 0 Å². The van der Waals surface area contributed by atoms with Crippen LogP contribution in [0.5, 0.6) is 0 Å². The maximum absolute atomic E-state index is 11.1. The van der Waals surface area contributed by atoms with E-state index in [1.165, 1.54) is 5.01 Å². The first kappa shape index (κ1) is 9.02. The summed E-state index contributed by atoms with van der Waals surface area (Å²) >= 11 is 0. The zero-order valence-corrected chi connectivity index (χ0v) is 7.04. The molecule has 12 heavy (non-hydrogen) atoms. The first-order valence-electron chi connectivity index (χ1n) is 3.92. The minimum Gasteiger partial charge on any atom is -0.449 e. The van der Waals surface area contributed by atoms with E-state index in [0.717, 1.165) is 0 Å². The summed E-state index contributed by atoms with van der Waals surface area (Å²) in [5, 5.41) is 1.37. The Morgan fingerprint density at radius 2 is 2.50 bits per heavy atom. The molecule has 1 amide bonds. The van der Waals surface area contributed by atoms with Gasteiger partial charge in [-0.1, -0.05) is 12.2 Å². The second-order valence-corrected chi connectivity index (χ2v) is 2.27. The Hall–Kier alpha value is -1.07. The second-order valence-electron chi connectivity index (χ2n) is 2.27. The minimum atomic E-state index is -0.364. The lowest BCUT2D eigenvalue weighted by molar-refractivity contribution is 0.0848. The molecule has 0 fully saturated rings. The van der Waals surface area contributed by atoms with Crippen molar-refractivity contribution >= 4 is 6.09 Å². The van der Waals surface area contributed by atoms with Crippen LogP contribution in [0.25, 0.3) is 0 Å². The highest BCUT2D eigenvalue weighted by Crippen LogP contribution is 1.91. The van der Waals surface area contributed by atoms with Gasteiger partial charge in [0.25, 0.3) is 0 Å². The van der Waals surface area contributed by atoms with E-state index < -0.39 is 0 Å². The molecule has 0 aromatic carbocycles. The second kappa shape index (κ2) is 4.74. The molecule has 0 radical (unpaired) electrons. The van der Waals surface area contributed by atoms with Crippen molar-refractivity contribution in [1.82, 2.24) is 16.0 Å².